The van der Waals surface area contributed by atoms with E-state index in [4.69, 9.17) is 9.47 Å². The first kappa shape index (κ1) is 23.2. The summed E-state index contributed by atoms with van der Waals surface area (Å²) in [6.45, 7) is 3.01. The number of rotatable bonds is 7. The SMILES string of the molecule is CC(C)(NC(=O)OCc1ccccc1)c1nc(C(=O)O)c(OC(=O)c2ccccc2)c(=O)[nH]1. The predicted molar refractivity (Wildman–Crippen MR) is 116 cm³/mol. The third-order valence-corrected chi connectivity index (χ3v) is 4.50. The van der Waals surface area contributed by atoms with Crippen LogP contribution in [0.15, 0.2) is 65.5 Å². The number of hydrogen-bond acceptors (Lipinski definition) is 7. The van der Waals surface area contributed by atoms with Gasteiger partial charge in [-0.3, -0.25) is 4.79 Å². The Hall–Kier alpha value is -4.47. The zero-order chi connectivity index (χ0) is 24.0. The van der Waals surface area contributed by atoms with Crippen molar-refractivity contribution in [3.05, 3.63) is 93.7 Å². The number of aromatic amines is 1. The van der Waals surface area contributed by atoms with Crippen LogP contribution in [-0.4, -0.2) is 33.1 Å². The van der Waals surface area contributed by atoms with E-state index in [1.807, 2.05) is 6.07 Å². The number of ether oxygens (including phenoxy) is 2. The molecule has 0 atom stereocenters. The largest absolute Gasteiger partial charge is 0.476 e. The summed E-state index contributed by atoms with van der Waals surface area (Å²) in [7, 11) is 0. The van der Waals surface area contributed by atoms with Crippen molar-refractivity contribution in [1.82, 2.24) is 15.3 Å². The molecule has 0 radical (unpaired) electrons. The summed E-state index contributed by atoms with van der Waals surface area (Å²) in [5, 5.41) is 12.1. The molecular formula is C23H21N3O7. The molecule has 0 spiro atoms. The Balaban J connectivity index is 1.81. The number of aromatic nitrogens is 2. The van der Waals surface area contributed by atoms with Crippen LogP contribution in [0, 0.1) is 0 Å². The van der Waals surface area contributed by atoms with E-state index < -0.39 is 40.6 Å². The van der Waals surface area contributed by atoms with Gasteiger partial charge in [0.25, 0.3) is 5.56 Å². The maximum atomic E-state index is 12.6. The van der Waals surface area contributed by atoms with E-state index in [0.29, 0.717) is 0 Å². The monoisotopic (exact) mass is 451 g/mol. The van der Waals surface area contributed by atoms with Gasteiger partial charge in [0.15, 0.2) is 5.69 Å². The fourth-order valence-electron chi connectivity index (χ4n) is 2.80. The molecule has 10 nitrogen and oxygen atoms in total. The van der Waals surface area contributed by atoms with Crippen molar-refractivity contribution < 1.29 is 29.0 Å². The molecule has 10 heteroatoms. The van der Waals surface area contributed by atoms with Crippen LogP contribution in [0.4, 0.5) is 4.79 Å². The fourth-order valence-corrected chi connectivity index (χ4v) is 2.80. The number of hydrogen-bond donors (Lipinski definition) is 3. The highest BCUT2D eigenvalue weighted by Gasteiger charge is 2.31. The number of carboxylic acids is 1. The van der Waals surface area contributed by atoms with Crippen LogP contribution in [0.5, 0.6) is 5.75 Å². The summed E-state index contributed by atoms with van der Waals surface area (Å²) in [6, 6.07) is 16.8. The Morgan fingerprint density at radius 1 is 1.03 bits per heavy atom. The van der Waals surface area contributed by atoms with E-state index in [2.05, 4.69) is 15.3 Å². The molecule has 3 N–H and O–H groups in total. The second-order valence-electron chi connectivity index (χ2n) is 7.46. The molecule has 2 aromatic carbocycles. The van der Waals surface area contributed by atoms with E-state index >= 15 is 0 Å². The first-order valence-corrected chi connectivity index (χ1v) is 9.81. The number of aromatic carboxylic acids is 1. The van der Waals surface area contributed by atoms with Gasteiger partial charge in [0.2, 0.25) is 5.75 Å². The number of amides is 1. The van der Waals surface area contributed by atoms with Crippen molar-refractivity contribution in [2.24, 2.45) is 0 Å². The molecule has 0 aliphatic rings. The first-order chi connectivity index (χ1) is 15.7. The van der Waals surface area contributed by atoms with Crippen molar-refractivity contribution in [3.63, 3.8) is 0 Å². The standard InChI is InChI=1S/C23H21N3O7/c1-23(2,26-22(31)32-13-14-9-5-3-6-10-14)21-24-16(19(28)29)17(18(27)25-21)33-20(30)15-11-7-4-8-12-15/h3-12H,13H2,1-2H3,(H,26,31)(H,28,29)(H,24,25,27). The van der Waals surface area contributed by atoms with Gasteiger partial charge in [-0.25, -0.2) is 19.4 Å². The molecule has 1 heterocycles. The van der Waals surface area contributed by atoms with Gasteiger partial charge < -0.3 is 24.9 Å². The molecule has 1 aromatic heterocycles. The number of alkyl carbamates (subject to hydrolysis) is 1. The molecule has 33 heavy (non-hydrogen) atoms. The van der Waals surface area contributed by atoms with Crippen molar-refractivity contribution in [2.45, 2.75) is 26.0 Å². The molecule has 0 aliphatic carbocycles. The second kappa shape index (κ2) is 9.77. The van der Waals surface area contributed by atoms with E-state index in [-0.39, 0.29) is 18.0 Å². The highest BCUT2D eigenvalue weighted by Crippen LogP contribution is 2.20. The predicted octanol–water partition coefficient (Wildman–Crippen LogP) is 2.85. The van der Waals surface area contributed by atoms with Crippen LogP contribution >= 0.6 is 0 Å². The van der Waals surface area contributed by atoms with Gasteiger partial charge in [-0.05, 0) is 31.5 Å². The van der Waals surface area contributed by atoms with E-state index in [1.165, 1.54) is 26.0 Å². The Labute approximate surface area is 188 Å². The molecule has 0 unspecified atom stereocenters. The fraction of sp³-hybridized carbons (Fsp3) is 0.174. The van der Waals surface area contributed by atoms with Crippen LogP contribution in [0.3, 0.4) is 0 Å². The van der Waals surface area contributed by atoms with E-state index in [9.17, 15) is 24.3 Å². The molecule has 3 rings (SSSR count). The Bertz CT molecular complexity index is 1220. The van der Waals surface area contributed by atoms with Crippen LogP contribution in [-0.2, 0) is 16.9 Å². The van der Waals surface area contributed by atoms with Crippen molar-refractivity contribution in [1.29, 1.82) is 0 Å². The van der Waals surface area contributed by atoms with Gasteiger partial charge in [-0.15, -0.1) is 0 Å². The number of esters is 1. The molecule has 0 fully saturated rings. The molecule has 0 aliphatic heterocycles. The highest BCUT2D eigenvalue weighted by atomic mass is 16.5. The summed E-state index contributed by atoms with van der Waals surface area (Å²) < 4.78 is 10.2. The molecule has 1 amide bonds. The number of carboxylic acid groups (broad SMARTS) is 1. The number of carbonyl (C=O) groups is 3. The summed E-state index contributed by atoms with van der Waals surface area (Å²) in [5.41, 5.74) is -2.19. The minimum atomic E-state index is -1.58. The number of nitrogens with one attached hydrogen (secondary N) is 2. The first-order valence-electron chi connectivity index (χ1n) is 9.81. The Morgan fingerprint density at radius 2 is 1.64 bits per heavy atom. The lowest BCUT2D eigenvalue weighted by Gasteiger charge is -2.25. The minimum absolute atomic E-state index is 0.0153. The van der Waals surface area contributed by atoms with Gasteiger partial charge in [-0.2, -0.15) is 0 Å². The summed E-state index contributed by atoms with van der Waals surface area (Å²) in [5.74, 6) is -3.43. The minimum Gasteiger partial charge on any atom is -0.476 e. The Kier molecular flexibility index (Phi) is 6.87. The average Bonchev–Trinajstić information content (AvgIpc) is 2.79. The zero-order valence-electron chi connectivity index (χ0n) is 17.8. The number of H-pyrrole nitrogens is 1. The highest BCUT2D eigenvalue weighted by molar-refractivity contribution is 5.94. The molecular weight excluding hydrogens is 430 g/mol. The molecule has 0 saturated heterocycles. The maximum Gasteiger partial charge on any atom is 0.408 e. The van der Waals surface area contributed by atoms with Crippen LogP contribution < -0.4 is 15.6 Å². The Morgan fingerprint density at radius 3 is 2.24 bits per heavy atom. The van der Waals surface area contributed by atoms with E-state index in [1.54, 1.807) is 42.5 Å². The average molecular weight is 451 g/mol. The normalized spacial score (nSPS) is 10.8. The van der Waals surface area contributed by atoms with Crippen LogP contribution in [0.1, 0.15) is 46.1 Å². The number of nitrogens with zero attached hydrogens (tertiary/aromatic N) is 1. The van der Waals surface area contributed by atoms with Gasteiger partial charge >= 0.3 is 18.0 Å². The van der Waals surface area contributed by atoms with Gasteiger partial charge in [0.1, 0.15) is 12.4 Å². The lowest BCUT2D eigenvalue weighted by Crippen LogP contribution is -2.44. The second-order valence-corrected chi connectivity index (χ2v) is 7.46. The zero-order valence-corrected chi connectivity index (χ0v) is 17.8. The molecule has 0 saturated carbocycles. The van der Waals surface area contributed by atoms with Gasteiger partial charge in [0, 0.05) is 0 Å². The molecule has 170 valence electrons. The smallest absolute Gasteiger partial charge is 0.408 e. The summed E-state index contributed by atoms with van der Waals surface area (Å²) in [4.78, 5) is 55.1. The molecule has 3 aromatic rings. The topological polar surface area (TPSA) is 148 Å². The summed E-state index contributed by atoms with van der Waals surface area (Å²) >= 11 is 0. The van der Waals surface area contributed by atoms with Gasteiger partial charge in [0.05, 0.1) is 11.1 Å². The maximum absolute atomic E-state index is 12.6. The number of carbonyl (C=O) groups excluding carboxylic acids is 2. The van der Waals surface area contributed by atoms with Crippen molar-refractivity contribution in [3.8, 4) is 5.75 Å². The lowest BCUT2D eigenvalue weighted by atomic mass is 10.0. The van der Waals surface area contributed by atoms with Crippen LogP contribution in [0.2, 0.25) is 0 Å². The van der Waals surface area contributed by atoms with Crippen LogP contribution in [0.25, 0.3) is 0 Å². The molecule has 0 bridgehead atoms. The van der Waals surface area contributed by atoms with Crippen molar-refractivity contribution in [2.75, 3.05) is 0 Å². The lowest BCUT2D eigenvalue weighted by molar-refractivity contribution is 0.0671. The summed E-state index contributed by atoms with van der Waals surface area (Å²) in [6.07, 6.45) is -0.803. The van der Waals surface area contributed by atoms with Crippen molar-refractivity contribution >= 4 is 18.0 Å². The number of benzene rings is 2. The third kappa shape index (κ3) is 5.82. The quantitative estimate of drug-likeness (QED) is 0.465. The third-order valence-electron chi connectivity index (χ3n) is 4.50. The van der Waals surface area contributed by atoms with Gasteiger partial charge in [-0.1, -0.05) is 48.5 Å². The van der Waals surface area contributed by atoms with E-state index in [0.717, 1.165) is 5.56 Å².